The van der Waals surface area contributed by atoms with Crippen LogP contribution < -0.4 is 15.5 Å². The Morgan fingerprint density at radius 2 is 1.75 bits per heavy atom. The molecule has 0 radical (unpaired) electrons. The molecule has 0 aliphatic rings. The van der Waals surface area contributed by atoms with Crippen LogP contribution in [0.3, 0.4) is 0 Å². The number of para-hydroxylation sites is 1. The van der Waals surface area contributed by atoms with Crippen molar-refractivity contribution in [3.63, 3.8) is 0 Å². The third-order valence-corrected chi connectivity index (χ3v) is 3.40. The lowest BCUT2D eigenvalue weighted by Gasteiger charge is -2.14. The highest BCUT2D eigenvalue weighted by Gasteiger charge is 2.09. The molecule has 0 saturated carbocycles. The Morgan fingerprint density at radius 1 is 1.05 bits per heavy atom. The largest absolute Gasteiger partial charge is 0.357 e. The predicted octanol–water partition coefficient (Wildman–Crippen LogP) is 2.44. The molecule has 0 spiro atoms. The van der Waals surface area contributed by atoms with Gasteiger partial charge in [0.1, 0.15) is 0 Å². The number of aromatic nitrogens is 3. The van der Waals surface area contributed by atoms with E-state index in [1.807, 2.05) is 43.5 Å². The Bertz CT molecular complexity index is 587. The zero-order valence-corrected chi connectivity index (χ0v) is 12.8. The molecule has 6 nitrogen and oxygen atoms in total. The molecule has 2 N–H and O–H groups in total. The van der Waals surface area contributed by atoms with Gasteiger partial charge in [0.25, 0.3) is 0 Å². The fourth-order valence-corrected chi connectivity index (χ4v) is 2.15. The van der Waals surface area contributed by atoms with Crippen molar-refractivity contribution in [2.24, 2.45) is 0 Å². The van der Waals surface area contributed by atoms with Crippen LogP contribution in [0.15, 0.2) is 29.2 Å². The van der Waals surface area contributed by atoms with Gasteiger partial charge in [-0.1, -0.05) is 12.1 Å². The molecular formula is C13H18N6S. The maximum absolute atomic E-state index is 4.39. The van der Waals surface area contributed by atoms with Gasteiger partial charge >= 0.3 is 0 Å². The molecule has 1 aromatic carbocycles. The molecule has 0 unspecified atom stereocenters. The summed E-state index contributed by atoms with van der Waals surface area (Å²) in [5, 5.41) is 6.19. The number of anilines is 4. The van der Waals surface area contributed by atoms with E-state index < -0.39 is 0 Å². The molecule has 106 valence electrons. The molecule has 2 aromatic rings. The first-order valence-corrected chi connectivity index (χ1v) is 7.37. The smallest absolute Gasteiger partial charge is 0.233 e. The molecule has 7 heteroatoms. The molecule has 0 atom stereocenters. The lowest BCUT2D eigenvalue weighted by Crippen LogP contribution is -2.15. The van der Waals surface area contributed by atoms with Crippen molar-refractivity contribution >= 4 is 35.3 Å². The highest BCUT2D eigenvalue weighted by molar-refractivity contribution is 7.98. The van der Waals surface area contributed by atoms with E-state index in [9.17, 15) is 0 Å². The molecule has 1 heterocycles. The minimum absolute atomic E-state index is 0.523. The van der Waals surface area contributed by atoms with Crippen molar-refractivity contribution < 1.29 is 0 Å². The number of nitrogens with zero attached hydrogens (tertiary/aromatic N) is 4. The molecule has 0 saturated heterocycles. The third-order valence-electron chi connectivity index (χ3n) is 2.60. The predicted molar refractivity (Wildman–Crippen MR) is 85.2 cm³/mol. The van der Waals surface area contributed by atoms with E-state index in [0.29, 0.717) is 17.8 Å². The molecule has 1 aromatic heterocycles. The summed E-state index contributed by atoms with van der Waals surface area (Å²) in [5.41, 5.74) is 0.984. The van der Waals surface area contributed by atoms with Crippen LogP contribution in [0.5, 0.6) is 0 Å². The van der Waals surface area contributed by atoms with Gasteiger partial charge in [-0.2, -0.15) is 15.0 Å². The average molecular weight is 290 g/mol. The van der Waals surface area contributed by atoms with Crippen LogP contribution in [-0.4, -0.2) is 42.4 Å². The van der Waals surface area contributed by atoms with E-state index >= 15 is 0 Å². The summed E-state index contributed by atoms with van der Waals surface area (Å²) in [4.78, 5) is 16.0. The van der Waals surface area contributed by atoms with Crippen LogP contribution in [0.1, 0.15) is 0 Å². The van der Waals surface area contributed by atoms with E-state index in [1.165, 1.54) is 0 Å². The molecule has 20 heavy (non-hydrogen) atoms. The second kappa shape index (κ2) is 6.42. The van der Waals surface area contributed by atoms with Gasteiger partial charge in [-0.15, -0.1) is 11.8 Å². The average Bonchev–Trinajstić information content (AvgIpc) is 2.47. The van der Waals surface area contributed by atoms with Crippen molar-refractivity contribution in [1.82, 2.24) is 15.0 Å². The van der Waals surface area contributed by atoms with Gasteiger partial charge in [0, 0.05) is 26.0 Å². The van der Waals surface area contributed by atoms with Crippen molar-refractivity contribution in [3.8, 4) is 0 Å². The standard InChI is InChI=1S/C13H18N6S/c1-14-11-16-12(18-13(17-11)19(2)3)15-9-7-5-6-8-10(9)20-4/h5-8H,1-4H3,(H2,14,15,16,17,18). The molecule has 2 rings (SSSR count). The van der Waals surface area contributed by atoms with Gasteiger partial charge in [-0.25, -0.2) is 0 Å². The van der Waals surface area contributed by atoms with Crippen LogP contribution in [-0.2, 0) is 0 Å². The number of rotatable bonds is 5. The Labute approximate surface area is 123 Å². The summed E-state index contributed by atoms with van der Waals surface area (Å²) >= 11 is 1.68. The summed E-state index contributed by atoms with van der Waals surface area (Å²) in [6.45, 7) is 0. The molecule has 0 aliphatic carbocycles. The molecule has 0 amide bonds. The van der Waals surface area contributed by atoms with Gasteiger partial charge in [-0.3, -0.25) is 0 Å². The SMILES string of the molecule is CNc1nc(Nc2ccccc2SC)nc(N(C)C)n1. The Morgan fingerprint density at radius 3 is 2.40 bits per heavy atom. The Balaban J connectivity index is 2.35. The van der Waals surface area contributed by atoms with E-state index in [2.05, 4.69) is 31.7 Å². The van der Waals surface area contributed by atoms with Crippen LogP contribution in [0, 0.1) is 0 Å². The van der Waals surface area contributed by atoms with Crippen molar-refractivity contribution in [1.29, 1.82) is 0 Å². The minimum Gasteiger partial charge on any atom is -0.357 e. The van der Waals surface area contributed by atoms with Gasteiger partial charge in [0.2, 0.25) is 17.8 Å². The van der Waals surface area contributed by atoms with E-state index in [-0.39, 0.29) is 0 Å². The first-order chi connectivity index (χ1) is 9.63. The number of thioether (sulfide) groups is 1. The topological polar surface area (TPSA) is 66.0 Å². The first-order valence-electron chi connectivity index (χ1n) is 6.15. The number of hydrogen-bond donors (Lipinski definition) is 2. The number of nitrogens with one attached hydrogen (secondary N) is 2. The Hall–Kier alpha value is -2.02. The van der Waals surface area contributed by atoms with Crippen molar-refractivity contribution in [2.75, 3.05) is 42.9 Å². The molecule has 0 fully saturated rings. The summed E-state index contributed by atoms with van der Waals surface area (Å²) in [5.74, 6) is 1.66. The highest BCUT2D eigenvalue weighted by Crippen LogP contribution is 2.27. The quantitative estimate of drug-likeness (QED) is 0.820. The minimum atomic E-state index is 0.523. The number of benzene rings is 1. The van der Waals surface area contributed by atoms with Crippen LogP contribution in [0.25, 0.3) is 0 Å². The molecular weight excluding hydrogens is 272 g/mol. The molecule has 0 aliphatic heterocycles. The maximum atomic E-state index is 4.39. The van der Waals surface area contributed by atoms with Crippen molar-refractivity contribution in [2.45, 2.75) is 4.90 Å². The van der Waals surface area contributed by atoms with E-state index in [4.69, 9.17) is 0 Å². The highest BCUT2D eigenvalue weighted by atomic mass is 32.2. The van der Waals surface area contributed by atoms with Crippen LogP contribution >= 0.6 is 11.8 Å². The van der Waals surface area contributed by atoms with Crippen LogP contribution in [0.2, 0.25) is 0 Å². The monoisotopic (exact) mass is 290 g/mol. The van der Waals surface area contributed by atoms with Gasteiger partial charge in [0.05, 0.1) is 5.69 Å². The second-order valence-electron chi connectivity index (χ2n) is 4.25. The third kappa shape index (κ3) is 3.30. The molecule has 0 bridgehead atoms. The maximum Gasteiger partial charge on any atom is 0.233 e. The normalized spacial score (nSPS) is 10.2. The summed E-state index contributed by atoms with van der Waals surface area (Å²) in [6, 6.07) is 8.05. The lowest BCUT2D eigenvalue weighted by molar-refractivity contribution is 0.962. The zero-order valence-electron chi connectivity index (χ0n) is 12.0. The number of hydrogen-bond acceptors (Lipinski definition) is 7. The van der Waals surface area contributed by atoms with E-state index in [0.717, 1.165) is 10.6 Å². The van der Waals surface area contributed by atoms with E-state index in [1.54, 1.807) is 18.8 Å². The zero-order chi connectivity index (χ0) is 14.5. The Kier molecular flexibility index (Phi) is 4.62. The van der Waals surface area contributed by atoms with Crippen molar-refractivity contribution in [3.05, 3.63) is 24.3 Å². The fraction of sp³-hybridized carbons (Fsp3) is 0.308. The van der Waals surface area contributed by atoms with Gasteiger partial charge < -0.3 is 15.5 Å². The first kappa shape index (κ1) is 14.4. The van der Waals surface area contributed by atoms with Gasteiger partial charge in [-0.05, 0) is 18.4 Å². The second-order valence-corrected chi connectivity index (χ2v) is 5.10. The summed E-state index contributed by atoms with van der Waals surface area (Å²) in [7, 11) is 5.58. The van der Waals surface area contributed by atoms with Crippen LogP contribution in [0.4, 0.5) is 23.5 Å². The fourth-order valence-electron chi connectivity index (χ4n) is 1.60. The summed E-state index contributed by atoms with van der Waals surface area (Å²) < 4.78 is 0. The lowest BCUT2D eigenvalue weighted by atomic mass is 10.3. The van der Waals surface area contributed by atoms with Gasteiger partial charge in [0.15, 0.2) is 0 Å². The summed E-state index contributed by atoms with van der Waals surface area (Å²) in [6.07, 6.45) is 2.04.